The van der Waals surface area contributed by atoms with Gasteiger partial charge in [0.05, 0.1) is 31.2 Å². The molecule has 1 N–H and O–H groups in total. The summed E-state index contributed by atoms with van der Waals surface area (Å²) in [6, 6.07) is 15.7. The first-order valence-electron chi connectivity index (χ1n) is 9.17. The largest absolute Gasteiger partial charge is 0.497 e. The van der Waals surface area contributed by atoms with Crippen molar-refractivity contribution in [2.24, 2.45) is 0 Å². The first-order chi connectivity index (χ1) is 14.4. The summed E-state index contributed by atoms with van der Waals surface area (Å²) >= 11 is 0. The molecular weight excluding hydrogens is 386 g/mol. The number of hydrogen-bond donors (Lipinski definition) is 1. The van der Waals surface area contributed by atoms with Crippen LogP contribution in [0.1, 0.15) is 23.3 Å². The van der Waals surface area contributed by atoms with Crippen LogP contribution in [-0.2, 0) is 9.53 Å². The van der Waals surface area contributed by atoms with Gasteiger partial charge in [0.1, 0.15) is 11.8 Å². The van der Waals surface area contributed by atoms with E-state index in [9.17, 15) is 14.4 Å². The summed E-state index contributed by atoms with van der Waals surface area (Å²) in [7, 11) is 2.84. The summed E-state index contributed by atoms with van der Waals surface area (Å²) in [5.41, 5.74) is 1.39. The lowest BCUT2D eigenvalue weighted by atomic mass is 10.1. The van der Waals surface area contributed by atoms with Gasteiger partial charge in [0, 0.05) is 11.6 Å². The molecule has 0 fully saturated rings. The molecule has 0 saturated heterocycles. The predicted octanol–water partition coefficient (Wildman–Crippen LogP) is 2.91. The normalized spacial score (nSPS) is 11.4. The van der Waals surface area contributed by atoms with Crippen LogP contribution in [0.3, 0.4) is 0 Å². The van der Waals surface area contributed by atoms with Gasteiger partial charge in [0.25, 0.3) is 5.56 Å². The van der Waals surface area contributed by atoms with E-state index in [1.54, 1.807) is 56.5 Å². The molecule has 8 heteroatoms. The van der Waals surface area contributed by atoms with Gasteiger partial charge in [-0.05, 0) is 49.4 Å². The van der Waals surface area contributed by atoms with Crippen LogP contribution in [0.15, 0.2) is 65.5 Å². The highest BCUT2D eigenvalue weighted by Gasteiger charge is 2.21. The molecule has 0 radical (unpaired) electrons. The van der Waals surface area contributed by atoms with E-state index in [0.717, 1.165) is 10.2 Å². The average molecular weight is 407 g/mol. The van der Waals surface area contributed by atoms with Gasteiger partial charge in [0.15, 0.2) is 0 Å². The maximum absolute atomic E-state index is 12.8. The Balaban J connectivity index is 1.88. The molecule has 0 bridgehead atoms. The Morgan fingerprint density at radius 3 is 2.37 bits per heavy atom. The monoisotopic (exact) mass is 407 g/mol. The fourth-order valence-electron chi connectivity index (χ4n) is 2.85. The van der Waals surface area contributed by atoms with Crippen molar-refractivity contribution in [2.45, 2.75) is 13.0 Å². The molecule has 0 saturated carbocycles. The van der Waals surface area contributed by atoms with Crippen molar-refractivity contribution in [1.29, 1.82) is 0 Å². The first-order valence-corrected chi connectivity index (χ1v) is 9.17. The quantitative estimate of drug-likeness (QED) is 0.631. The van der Waals surface area contributed by atoms with E-state index in [4.69, 9.17) is 9.47 Å². The van der Waals surface area contributed by atoms with E-state index in [1.807, 2.05) is 12.1 Å². The number of anilines is 1. The van der Waals surface area contributed by atoms with Crippen LogP contribution in [0.25, 0.3) is 11.3 Å². The fraction of sp³-hybridized carbons (Fsp3) is 0.182. The number of methoxy groups -OCH3 is 2. The molecular formula is C22H21N3O5. The molecule has 30 heavy (non-hydrogen) atoms. The van der Waals surface area contributed by atoms with E-state index in [1.165, 1.54) is 13.2 Å². The number of carbonyl (C=O) groups excluding carboxylic acids is 2. The molecule has 1 unspecified atom stereocenters. The highest BCUT2D eigenvalue weighted by molar-refractivity contribution is 6.02. The molecule has 1 atom stereocenters. The Morgan fingerprint density at radius 1 is 1.00 bits per heavy atom. The van der Waals surface area contributed by atoms with Gasteiger partial charge < -0.3 is 14.8 Å². The maximum atomic E-state index is 12.8. The number of amides is 1. The van der Waals surface area contributed by atoms with Gasteiger partial charge in [-0.1, -0.05) is 12.1 Å². The maximum Gasteiger partial charge on any atom is 0.339 e. The molecule has 3 aromatic rings. The Kier molecular flexibility index (Phi) is 6.26. The smallest absolute Gasteiger partial charge is 0.339 e. The number of hydrogen-bond acceptors (Lipinski definition) is 6. The summed E-state index contributed by atoms with van der Waals surface area (Å²) in [6.45, 7) is 1.56. The van der Waals surface area contributed by atoms with Crippen molar-refractivity contribution >= 4 is 17.6 Å². The highest BCUT2D eigenvalue weighted by atomic mass is 16.5. The molecule has 0 aliphatic carbocycles. The molecule has 154 valence electrons. The zero-order valence-electron chi connectivity index (χ0n) is 16.8. The number of nitrogens with zero attached hydrogens (tertiary/aromatic N) is 2. The number of rotatable bonds is 6. The number of esters is 1. The minimum absolute atomic E-state index is 0.216. The second kappa shape index (κ2) is 9.04. The molecule has 0 spiro atoms. The van der Waals surface area contributed by atoms with E-state index in [2.05, 4.69) is 10.4 Å². The van der Waals surface area contributed by atoms with Gasteiger partial charge in [-0.15, -0.1) is 0 Å². The minimum atomic E-state index is -0.915. The molecule has 1 amide bonds. The Labute approximate surface area is 173 Å². The van der Waals surface area contributed by atoms with E-state index < -0.39 is 23.5 Å². The van der Waals surface area contributed by atoms with Crippen LogP contribution in [0.5, 0.6) is 5.75 Å². The van der Waals surface area contributed by atoms with Crippen molar-refractivity contribution in [3.63, 3.8) is 0 Å². The lowest BCUT2D eigenvalue weighted by Crippen LogP contribution is -2.33. The van der Waals surface area contributed by atoms with Crippen molar-refractivity contribution in [1.82, 2.24) is 9.78 Å². The molecule has 1 heterocycles. The topological polar surface area (TPSA) is 99.5 Å². The minimum Gasteiger partial charge on any atom is -0.497 e. The summed E-state index contributed by atoms with van der Waals surface area (Å²) < 4.78 is 11.0. The fourth-order valence-corrected chi connectivity index (χ4v) is 2.85. The Bertz CT molecular complexity index is 1120. The average Bonchev–Trinajstić information content (AvgIpc) is 2.78. The number of nitrogens with one attached hydrogen (secondary N) is 1. The second-order valence-electron chi connectivity index (χ2n) is 6.43. The lowest BCUT2D eigenvalue weighted by molar-refractivity contribution is -0.119. The molecule has 8 nitrogen and oxygen atoms in total. The molecule has 0 aliphatic rings. The van der Waals surface area contributed by atoms with Gasteiger partial charge in [-0.3, -0.25) is 9.59 Å². The van der Waals surface area contributed by atoms with E-state index in [0.29, 0.717) is 17.1 Å². The van der Waals surface area contributed by atoms with Crippen LogP contribution in [0.2, 0.25) is 0 Å². The third-order valence-electron chi connectivity index (χ3n) is 4.55. The summed E-state index contributed by atoms with van der Waals surface area (Å²) in [5, 5.41) is 7.01. The first kappa shape index (κ1) is 20.8. The molecule has 1 aromatic heterocycles. The third-order valence-corrected chi connectivity index (χ3v) is 4.55. The Morgan fingerprint density at radius 2 is 1.70 bits per heavy atom. The van der Waals surface area contributed by atoms with Crippen LogP contribution in [-0.4, -0.2) is 35.9 Å². The van der Waals surface area contributed by atoms with Crippen molar-refractivity contribution in [3.8, 4) is 17.0 Å². The number of carbonyl (C=O) groups is 2. The van der Waals surface area contributed by atoms with E-state index >= 15 is 0 Å². The molecule has 0 aliphatic heterocycles. The molecule has 3 rings (SSSR count). The Hall–Kier alpha value is -3.94. The zero-order chi connectivity index (χ0) is 21.7. The summed E-state index contributed by atoms with van der Waals surface area (Å²) in [5.74, 6) is -0.368. The highest BCUT2D eigenvalue weighted by Crippen LogP contribution is 2.21. The summed E-state index contributed by atoms with van der Waals surface area (Å²) in [6.07, 6.45) is 0. The summed E-state index contributed by atoms with van der Waals surface area (Å²) in [4.78, 5) is 37.0. The van der Waals surface area contributed by atoms with Crippen molar-refractivity contribution < 1.29 is 19.1 Å². The number of para-hydroxylation sites is 1. The van der Waals surface area contributed by atoms with Crippen LogP contribution < -0.4 is 15.6 Å². The second-order valence-corrected chi connectivity index (χ2v) is 6.43. The number of ether oxygens (including phenoxy) is 2. The van der Waals surface area contributed by atoms with Gasteiger partial charge in [-0.2, -0.15) is 5.10 Å². The lowest BCUT2D eigenvalue weighted by Gasteiger charge is -2.16. The van der Waals surface area contributed by atoms with Gasteiger partial charge in [0.2, 0.25) is 5.91 Å². The SMILES string of the molecule is COC(=O)c1ccccc1NC(=O)C(C)n1nc(-c2ccc(OC)cc2)ccc1=O. The van der Waals surface area contributed by atoms with Gasteiger partial charge >= 0.3 is 5.97 Å². The van der Waals surface area contributed by atoms with Crippen molar-refractivity contribution in [2.75, 3.05) is 19.5 Å². The molecule has 2 aromatic carbocycles. The predicted molar refractivity (Wildman–Crippen MR) is 112 cm³/mol. The van der Waals surface area contributed by atoms with E-state index in [-0.39, 0.29) is 5.56 Å². The van der Waals surface area contributed by atoms with Crippen molar-refractivity contribution in [3.05, 3.63) is 76.6 Å². The zero-order valence-corrected chi connectivity index (χ0v) is 16.8. The third kappa shape index (κ3) is 4.38. The number of aromatic nitrogens is 2. The van der Waals surface area contributed by atoms with Crippen LogP contribution in [0.4, 0.5) is 5.69 Å². The van der Waals surface area contributed by atoms with Crippen LogP contribution >= 0.6 is 0 Å². The van der Waals surface area contributed by atoms with Gasteiger partial charge in [-0.25, -0.2) is 9.48 Å². The van der Waals surface area contributed by atoms with Crippen LogP contribution in [0, 0.1) is 0 Å². The standard InChI is InChI=1S/C22H21N3O5/c1-14(21(27)23-19-7-5-4-6-17(19)22(28)30-3)25-20(26)13-12-18(24-25)15-8-10-16(29-2)11-9-15/h4-14H,1-3H3,(H,23,27). The number of benzene rings is 2.